The second-order valence-electron chi connectivity index (χ2n) is 2.40. The number of hydrogen-bond donors (Lipinski definition) is 2. The predicted molar refractivity (Wildman–Crippen MR) is 43.8 cm³/mol. The third kappa shape index (κ3) is 3.83. The first-order chi connectivity index (χ1) is 6.09. The Bertz CT molecular complexity index is 360. The van der Waals surface area contributed by atoms with Crippen LogP contribution in [-0.2, 0) is 4.79 Å². The molecule has 0 bridgehead atoms. The van der Waals surface area contributed by atoms with Crippen LogP contribution in [0.4, 0.5) is 0 Å². The van der Waals surface area contributed by atoms with E-state index in [9.17, 15) is 9.90 Å². The van der Waals surface area contributed by atoms with Crippen molar-refractivity contribution in [3.63, 3.8) is 0 Å². The second kappa shape index (κ2) is 5.70. The maximum absolute atomic E-state index is 10.0. The first kappa shape index (κ1) is 13.0. The van der Waals surface area contributed by atoms with Gasteiger partial charge >= 0.3 is 29.6 Å². The van der Waals surface area contributed by atoms with Gasteiger partial charge in [0, 0.05) is 0 Å². The van der Waals surface area contributed by atoms with Crippen LogP contribution in [0.15, 0.2) is 24.3 Å². The Labute approximate surface area is 103 Å². The monoisotopic (exact) mass is 202 g/mol. The van der Waals surface area contributed by atoms with Gasteiger partial charge in [-0.3, -0.25) is 0 Å². The summed E-state index contributed by atoms with van der Waals surface area (Å²) in [5.74, 6) is -1.85. The molecule has 4 nitrogen and oxygen atoms in total. The summed E-state index contributed by atoms with van der Waals surface area (Å²) in [5, 5.41) is 28.0. The van der Waals surface area contributed by atoms with E-state index >= 15 is 0 Å². The van der Waals surface area contributed by atoms with Crippen molar-refractivity contribution < 1.29 is 49.7 Å². The van der Waals surface area contributed by atoms with Crippen molar-refractivity contribution in [2.75, 3.05) is 0 Å². The van der Waals surface area contributed by atoms with Gasteiger partial charge in [0.1, 0.15) is 0 Å². The van der Waals surface area contributed by atoms with Crippen LogP contribution in [0.5, 0.6) is 11.5 Å². The van der Waals surface area contributed by atoms with Crippen LogP contribution in [0.1, 0.15) is 5.56 Å². The average molecular weight is 202 g/mol. The molecule has 68 valence electrons. The van der Waals surface area contributed by atoms with Gasteiger partial charge in [-0.2, -0.15) is 0 Å². The summed E-state index contributed by atoms with van der Waals surface area (Å²) in [4.78, 5) is 10.0. The molecule has 0 atom stereocenters. The molecular weight excluding hydrogens is 195 g/mol. The minimum Gasteiger partial charge on any atom is -0.545 e. The van der Waals surface area contributed by atoms with Gasteiger partial charge in [-0.25, -0.2) is 0 Å². The summed E-state index contributed by atoms with van der Waals surface area (Å²) in [5.41, 5.74) is 0.472. The number of carbonyl (C=O) groups is 1. The van der Waals surface area contributed by atoms with E-state index in [4.69, 9.17) is 10.2 Å². The average Bonchev–Trinajstić information content (AvgIpc) is 2.07. The molecule has 1 rings (SSSR count). The SMILES string of the molecule is O=C([O-])C=Cc1ccc(O)c(O)c1.[Na+]. The molecule has 0 saturated heterocycles. The summed E-state index contributed by atoms with van der Waals surface area (Å²) in [6.07, 6.45) is 2.10. The molecule has 14 heavy (non-hydrogen) atoms. The molecule has 0 radical (unpaired) electrons. The maximum atomic E-state index is 10.0. The number of aromatic hydroxyl groups is 2. The molecule has 1 aromatic carbocycles. The van der Waals surface area contributed by atoms with Crippen LogP contribution >= 0.6 is 0 Å². The summed E-state index contributed by atoms with van der Waals surface area (Å²) in [6, 6.07) is 3.98. The molecule has 2 N–H and O–H groups in total. The van der Waals surface area contributed by atoms with Crippen LogP contribution in [0.2, 0.25) is 0 Å². The Hall–Kier alpha value is -0.970. The van der Waals surface area contributed by atoms with Crippen LogP contribution in [0.3, 0.4) is 0 Å². The van der Waals surface area contributed by atoms with Gasteiger partial charge in [-0.05, 0) is 23.8 Å². The molecule has 0 aliphatic heterocycles. The van der Waals surface area contributed by atoms with E-state index in [1.165, 1.54) is 24.3 Å². The fraction of sp³-hybridized carbons (Fsp3) is 0. The number of rotatable bonds is 2. The fourth-order valence-electron chi connectivity index (χ4n) is 0.808. The summed E-state index contributed by atoms with van der Waals surface area (Å²) >= 11 is 0. The van der Waals surface area contributed by atoms with Crippen molar-refractivity contribution >= 4 is 12.0 Å². The number of hydrogen-bond acceptors (Lipinski definition) is 4. The van der Waals surface area contributed by atoms with Crippen LogP contribution in [-0.4, -0.2) is 16.2 Å². The van der Waals surface area contributed by atoms with Gasteiger partial charge < -0.3 is 20.1 Å². The second-order valence-corrected chi connectivity index (χ2v) is 2.40. The number of carboxylic acids is 1. The van der Waals surface area contributed by atoms with Gasteiger partial charge in [-0.15, -0.1) is 0 Å². The Kier molecular flexibility index (Phi) is 5.30. The van der Waals surface area contributed by atoms with E-state index in [-0.39, 0.29) is 41.1 Å². The van der Waals surface area contributed by atoms with Gasteiger partial charge in [-0.1, -0.05) is 12.1 Å². The molecule has 0 unspecified atom stereocenters. The van der Waals surface area contributed by atoms with Gasteiger partial charge in [0.15, 0.2) is 11.5 Å². The molecule has 1 aromatic rings. The van der Waals surface area contributed by atoms with Crippen molar-refractivity contribution in [1.82, 2.24) is 0 Å². The molecule has 0 aliphatic carbocycles. The first-order valence-electron chi connectivity index (χ1n) is 3.50. The molecular formula is C9H7NaO4. The van der Waals surface area contributed by atoms with E-state index in [0.29, 0.717) is 5.56 Å². The Morgan fingerprint density at radius 3 is 2.43 bits per heavy atom. The summed E-state index contributed by atoms with van der Waals surface area (Å²) in [6.45, 7) is 0. The first-order valence-corrected chi connectivity index (χ1v) is 3.50. The third-order valence-electron chi connectivity index (χ3n) is 1.41. The number of carboxylic acid groups (broad SMARTS) is 1. The molecule has 0 saturated carbocycles. The van der Waals surface area contributed by atoms with Crippen LogP contribution in [0.25, 0.3) is 6.08 Å². The topological polar surface area (TPSA) is 80.6 Å². The number of aliphatic carboxylic acids is 1. The maximum Gasteiger partial charge on any atom is 1.00 e. The molecule has 0 heterocycles. The Morgan fingerprint density at radius 2 is 1.93 bits per heavy atom. The van der Waals surface area contributed by atoms with E-state index in [2.05, 4.69) is 0 Å². The van der Waals surface area contributed by atoms with Crippen molar-refractivity contribution in [2.24, 2.45) is 0 Å². The zero-order valence-corrected chi connectivity index (χ0v) is 9.60. The quantitative estimate of drug-likeness (QED) is 0.302. The number of phenolic OH excluding ortho intramolecular Hbond substituents is 2. The summed E-state index contributed by atoms with van der Waals surface area (Å²) < 4.78 is 0. The van der Waals surface area contributed by atoms with E-state index in [1.807, 2.05) is 0 Å². The minimum atomic E-state index is -1.31. The van der Waals surface area contributed by atoms with Crippen LogP contribution in [0, 0.1) is 0 Å². The van der Waals surface area contributed by atoms with Gasteiger partial charge in [0.05, 0.1) is 5.97 Å². The molecule has 0 amide bonds. The van der Waals surface area contributed by atoms with Crippen molar-refractivity contribution in [2.45, 2.75) is 0 Å². The van der Waals surface area contributed by atoms with E-state index in [0.717, 1.165) is 6.08 Å². The van der Waals surface area contributed by atoms with Crippen molar-refractivity contribution in [1.29, 1.82) is 0 Å². The zero-order chi connectivity index (χ0) is 9.84. The molecule has 0 aromatic heterocycles. The summed E-state index contributed by atoms with van der Waals surface area (Å²) in [7, 11) is 0. The smallest absolute Gasteiger partial charge is 0.545 e. The van der Waals surface area contributed by atoms with Crippen molar-refractivity contribution in [3.05, 3.63) is 29.8 Å². The van der Waals surface area contributed by atoms with E-state index < -0.39 is 5.97 Å². The normalized spacial score (nSPS) is 9.71. The third-order valence-corrected chi connectivity index (χ3v) is 1.41. The Morgan fingerprint density at radius 1 is 1.29 bits per heavy atom. The standard InChI is InChI=1S/C9H8O4.Na/c10-7-3-1-6(5-8(7)11)2-4-9(12)13;/h1-5,10-11H,(H,12,13);/q;+1/p-1. The molecule has 0 aliphatic rings. The fourth-order valence-corrected chi connectivity index (χ4v) is 0.808. The van der Waals surface area contributed by atoms with Crippen LogP contribution < -0.4 is 34.7 Å². The molecule has 0 fully saturated rings. The molecule has 5 heteroatoms. The number of phenols is 2. The number of carbonyl (C=O) groups excluding carboxylic acids is 1. The number of benzene rings is 1. The van der Waals surface area contributed by atoms with Gasteiger partial charge in [0.2, 0.25) is 0 Å². The predicted octanol–water partition coefficient (Wildman–Crippen LogP) is -3.14. The zero-order valence-electron chi connectivity index (χ0n) is 7.60. The van der Waals surface area contributed by atoms with Crippen molar-refractivity contribution in [3.8, 4) is 11.5 Å². The Balaban J connectivity index is 0.00000169. The van der Waals surface area contributed by atoms with Gasteiger partial charge in [0.25, 0.3) is 0 Å². The molecule has 0 spiro atoms. The largest absolute Gasteiger partial charge is 1.00 e. The van der Waals surface area contributed by atoms with E-state index in [1.54, 1.807) is 0 Å². The minimum absolute atomic E-state index is 0.